The number of para-hydroxylation sites is 1. The first kappa shape index (κ1) is 16.3. The van der Waals surface area contributed by atoms with Crippen LogP contribution in [0.2, 0.25) is 0 Å². The number of hydrogen-bond donors (Lipinski definition) is 1. The van der Waals surface area contributed by atoms with Crippen molar-refractivity contribution < 1.29 is 9.47 Å². The Morgan fingerprint density at radius 3 is 2.43 bits per heavy atom. The molecule has 0 saturated carbocycles. The molecule has 1 aliphatic rings. The number of hydrogen-bond acceptors (Lipinski definition) is 4. The summed E-state index contributed by atoms with van der Waals surface area (Å²) in [5.74, 6) is 0. The molecule has 4 nitrogen and oxygen atoms in total. The van der Waals surface area contributed by atoms with Crippen LogP contribution in [0, 0.1) is 0 Å². The Labute approximate surface area is 128 Å². The van der Waals surface area contributed by atoms with Gasteiger partial charge in [0.15, 0.2) is 6.29 Å². The molecule has 1 heterocycles. The minimum Gasteiger partial charge on any atom is -0.371 e. The van der Waals surface area contributed by atoms with Crippen LogP contribution in [0.25, 0.3) is 0 Å². The molecule has 0 unspecified atom stereocenters. The van der Waals surface area contributed by atoms with E-state index in [1.807, 2.05) is 13.8 Å². The van der Waals surface area contributed by atoms with Crippen LogP contribution in [-0.2, 0) is 16.0 Å². The van der Waals surface area contributed by atoms with E-state index < -0.39 is 0 Å². The smallest absolute Gasteiger partial charge is 0.169 e. The van der Waals surface area contributed by atoms with Crippen LogP contribution < -0.4 is 10.2 Å². The molecule has 118 valence electrons. The fourth-order valence-corrected chi connectivity index (χ4v) is 2.79. The van der Waals surface area contributed by atoms with Crippen molar-refractivity contribution in [3.05, 3.63) is 29.8 Å². The molecule has 1 N–H and O–H groups in total. The fraction of sp³-hybridized carbons (Fsp3) is 0.647. The monoisotopic (exact) mass is 292 g/mol. The van der Waals surface area contributed by atoms with Crippen molar-refractivity contribution in [2.75, 3.05) is 37.7 Å². The third-order valence-corrected chi connectivity index (χ3v) is 3.77. The second-order valence-electron chi connectivity index (χ2n) is 5.29. The largest absolute Gasteiger partial charge is 0.371 e. The standard InChI is InChI=1S/C17H28N2O2/c1-3-20-17(21-4-2)14-18-13-15-9-5-6-10-16(15)19-11-7-8-12-19/h5-6,9-10,17-18H,3-4,7-8,11-14H2,1-2H3. The zero-order valence-electron chi connectivity index (χ0n) is 13.3. The SMILES string of the molecule is CCOC(CNCc1ccccc1N1CCCC1)OCC. The number of nitrogens with one attached hydrogen (secondary N) is 1. The summed E-state index contributed by atoms with van der Waals surface area (Å²) < 4.78 is 11.1. The molecule has 0 aliphatic carbocycles. The van der Waals surface area contributed by atoms with Crippen molar-refractivity contribution in [2.24, 2.45) is 0 Å². The Hall–Kier alpha value is -1.10. The lowest BCUT2D eigenvalue weighted by Crippen LogP contribution is -2.31. The molecule has 2 rings (SSSR count). The number of nitrogens with zero attached hydrogens (tertiary/aromatic N) is 1. The normalized spacial score (nSPS) is 15.1. The lowest BCUT2D eigenvalue weighted by Gasteiger charge is -2.22. The Morgan fingerprint density at radius 1 is 1.10 bits per heavy atom. The van der Waals surface area contributed by atoms with Crippen molar-refractivity contribution >= 4 is 5.69 Å². The average Bonchev–Trinajstić information content (AvgIpc) is 3.02. The van der Waals surface area contributed by atoms with E-state index in [2.05, 4.69) is 34.5 Å². The van der Waals surface area contributed by atoms with Crippen molar-refractivity contribution in [3.63, 3.8) is 0 Å². The first-order valence-electron chi connectivity index (χ1n) is 8.12. The minimum absolute atomic E-state index is 0.154. The van der Waals surface area contributed by atoms with Crippen molar-refractivity contribution in [1.82, 2.24) is 5.32 Å². The number of benzene rings is 1. The molecule has 1 saturated heterocycles. The molecule has 1 aromatic carbocycles. The van der Waals surface area contributed by atoms with Crippen molar-refractivity contribution in [3.8, 4) is 0 Å². The average molecular weight is 292 g/mol. The Morgan fingerprint density at radius 2 is 1.76 bits per heavy atom. The molecular formula is C17H28N2O2. The zero-order valence-corrected chi connectivity index (χ0v) is 13.3. The van der Waals surface area contributed by atoms with Crippen LogP contribution in [-0.4, -0.2) is 39.1 Å². The Bertz CT molecular complexity index is 400. The highest BCUT2D eigenvalue weighted by atomic mass is 16.7. The molecule has 1 fully saturated rings. The maximum absolute atomic E-state index is 5.56. The number of anilines is 1. The van der Waals surface area contributed by atoms with Gasteiger partial charge in [0, 0.05) is 45.1 Å². The first-order valence-corrected chi connectivity index (χ1v) is 8.12. The summed E-state index contributed by atoms with van der Waals surface area (Å²) in [4.78, 5) is 2.49. The highest BCUT2D eigenvalue weighted by molar-refractivity contribution is 5.54. The number of rotatable bonds is 9. The highest BCUT2D eigenvalue weighted by Gasteiger charge is 2.15. The van der Waals surface area contributed by atoms with Gasteiger partial charge in [-0.2, -0.15) is 0 Å². The molecule has 0 aromatic heterocycles. The van der Waals surface area contributed by atoms with E-state index in [4.69, 9.17) is 9.47 Å². The van der Waals surface area contributed by atoms with Gasteiger partial charge in [0.25, 0.3) is 0 Å². The van der Waals surface area contributed by atoms with Gasteiger partial charge in [-0.1, -0.05) is 18.2 Å². The van der Waals surface area contributed by atoms with Gasteiger partial charge in [0.1, 0.15) is 0 Å². The van der Waals surface area contributed by atoms with Crippen LogP contribution in [0.1, 0.15) is 32.3 Å². The van der Waals surface area contributed by atoms with Gasteiger partial charge < -0.3 is 19.7 Å². The van der Waals surface area contributed by atoms with E-state index in [-0.39, 0.29) is 6.29 Å². The maximum atomic E-state index is 5.56. The van der Waals surface area contributed by atoms with Gasteiger partial charge in [0.05, 0.1) is 0 Å². The molecule has 1 aliphatic heterocycles. The van der Waals surface area contributed by atoms with Crippen molar-refractivity contribution in [2.45, 2.75) is 39.5 Å². The third kappa shape index (κ3) is 4.99. The van der Waals surface area contributed by atoms with E-state index in [0.29, 0.717) is 13.2 Å². The zero-order chi connectivity index (χ0) is 14.9. The van der Waals surface area contributed by atoms with E-state index in [1.165, 1.54) is 37.2 Å². The molecule has 0 bridgehead atoms. The number of ether oxygens (including phenoxy) is 2. The topological polar surface area (TPSA) is 33.7 Å². The fourth-order valence-electron chi connectivity index (χ4n) is 2.79. The van der Waals surface area contributed by atoms with E-state index in [0.717, 1.165) is 13.1 Å². The molecule has 21 heavy (non-hydrogen) atoms. The summed E-state index contributed by atoms with van der Waals surface area (Å²) in [6.45, 7) is 9.27. The van der Waals surface area contributed by atoms with Crippen LogP contribution in [0.3, 0.4) is 0 Å². The van der Waals surface area contributed by atoms with Crippen molar-refractivity contribution in [1.29, 1.82) is 0 Å². The summed E-state index contributed by atoms with van der Waals surface area (Å²) in [6.07, 6.45) is 2.45. The maximum Gasteiger partial charge on any atom is 0.169 e. The molecule has 4 heteroatoms. The molecule has 0 radical (unpaired) electrons. The molecule has 1 aromatic rings. The molecular weight excluding hydrogens is 264 g/mol. The second kappa shape index (κ2) is 9.03. The summed E-state index contributed by atoms with van der Waals surface area (Å²) >= 11 is 0. The van der Waals surface area contributed by atoms with Crippen LogP contribution in [0.4, 0.5) is 5.69 Å². The summed E-state index contributed by atoms with van der Waals surface area (Å²) in [6, 6.07) is 8.67. The molecule has 0 amide bonds. The first-order chi connectivity index (χ1) is 10.3. The predicted octanol–water partition coefficient (Wildman–Crippen LogP) is 2.78. The van der Waals surface area contributed by atoms with Crippen LogP contribution >= 0.6 is 0 Å². The minimum atomic E-state index is -0.154. The van der Waals surface area contributed by atoms with Gasteiger partial charge in [-0.05, 0) is 38.3 Å². The highest BCUT2D eigenvalue weighted by Crippen LogP contribution is 2.24. The van der Waals surface area contributed by atoms with Gasteiger partial charge in [-0.3, -0.25) is 0 Å². The van der Waals surface area contributed by atoms with Gasteiger partial charge in [-0.15, -0.1) is 0 Å². The van der Waals surface area contributed by atoms with Crippen LogP contribution in [0.5, 0.6) is 0 Å². The predicted molar refractivity (Wildman–Crippen MR) is 86.6 cm³/mol. The van der Waals surface area contributed by atoms with E-state index in [1.54, 1.807) is 0 Å². The van der Waals surface area contributed by atoms with Gasteiger partial charge >= 0.3 is 0 Å². The van der Waals surface area contributed by atoms with Crippen LogP contribution in [0.15, 0.2) is 24.3 Å². The van der Waals surface area contributed by atoms with Gasteiger partial charge in [-0.25, -0.2) is 0 Å². The summed E-state index contributed by atoms with van der Waals surface area (Å²) in [5.41, 5.74) is 2.72. The quantitative estimate of drug-likeness (QED) is 0.710. The summed E-state index contributed by atoms with van der Waals surface area (Å²) in [7, 11) is 0. The lowest BCUT2D eigenvalue weighted by molar-refractivity contribution is -0.133. The Kier molecular flexibility index (Phi) is 7.00. The van der Waals surface area contributed by atoms with E-state index >= 15 is 0 Å². The van der Waals surface area contributed by atoms with E-state index in [9.17, 15) is 0 Å². The van der Waals surface area contributed by atoms with Gasteiger partial charge in [0.2, 0.25) is 0 Å². The third-order valence-electron chi connectivity index (χ3n) is 3.77. The Balaban J connectivity index is 1.87. The lowest BCUT2D eigenvalue weighted by atomic mass is 10.1. The summed E-state index contributed by atoms with van der Waals surface area (Å²) in [5, 5.41) is 3.46. The second-order valence-corrected chi connectivity index (χ2v) is 5.29. The molecule has 0 atom stereocenters. The molecule has 0 spiro atoms.